The minimum atomic E-state index is -1.14. The zero-order chi connectivity index (χ0) is 11.5. The van der Waals surface area contributed by atoms with E-state index in [1.54, 1.807) is 35.7 Å². The Morgan fingerprint density at radius 3 is 2.50 bits per heavy atom. The summed E-state index contributed by atoms with van der Waals surface area (Å²) >= 11 is 7.08. The lowest BCUT2D eigenvalue weighted by atomic mass is 10.1. The quantitative estimate of drug-likeness (QED) is 0.851. The van der Waals surface area contributed by atoms with E-state index >= 15 is 0 Å². The molecule has 1 heterocycles. The van der Waals surface area contributed by atoms with Crippen molar-refractivity contribution in [2.75, 3.05) is 0 Å². The van der Waals surface area contributed by atoms with Crippen molar-refractivity contribution in [1.29, 1.82) is 0 Å². The maximum Gasteiger partial charge on any atom is 0.207 e. The molecule has 1 aromatic carbocycles. The maximum absolute atomic E-state index is 11.9. The van der Waals surface area contributed by atoms with Crippen LogP contribution in [0.15, 0.2) is 41.8 Å². The highest BCUT2D eigenvalue weighted by Crippen LogP contribution is 2.27. The molecule has 1 atom stereocenters. The molecule has 0 spiro atoms. The number of rotatable bonds is 3. The zero-order valence-corrected chi connectivity index (χ0v) is 9.83. The van der Waals surface area contributed by atoms with Gasteiger partial charge in [0, 0.05) is 0 Å². The number of ketones is 1. The number of thiophene rings is 1. The average molecular weight is 253 g/mol. The van der Waals surface area contributed by atoms with Gasteiger partial charge >= 0.3 is 0 Å². The molecule has 0 bridgehead atoms. The smallest absolute Gasteiger partial charge is 0.207 e. The van der Waals surface area contributed by atoms with Gasteiger partial charge in [-0.15, -0.1) is 11.3 Å². The third-order valence-electron chi connectivity index (χ3n) is 2.20. The van der Waals surface area contributed by atoms with Gasteiger partial charge in [0.15, 0.2) is 0 Å². The fraction of sp³-hybridized carbons (Fsp3) is 0.0833. The summed E-state index contributed by atoms with van der Waals surface area (Å²) in [5, 5.41) is 12.0. The summed E-state index contributed by atoms with van der Waals surface area (Å²) in [6.45, 7) is 0. The van der Waals surface area contributed by atoms with E-state index < -0.39 is 6.10 Å². The summed E-state index contributed by atoms with van der Waals surface area (Å²) in [4.78, 5) is 12.3. The van der Waals surface area contributed by atoms with Crippen molar-refractivity contribution in [2.24, 2.45) is 0 Å². The summed E-state index contributed by atoms with van der Waals surface area (Å²) in [7, 11) is 0. The van der Waals surface area contributed by atoms with Gasteiger partial charge in [-0.05, 0) is 17.0 Å². The van der Waals surface area contributed by atoms with Crippen molar-refractivity contribution in [3.05, 3.63) is 57.2 Å². The van der Waals surface area contributed by atoms with Crippen LogP contribution in [0.4, 0.5) is 0 Å². The van der Waals surface area contributed by atoms with Crippen LogP contribution in [0.3, 0.4) is 0 Å². The molecule has 16 heavy (non-hydrogen) atoms. The zero-order valence-electron chi connectivity index (χ0n) is 8.26. The Hall–Kier alpha value is -1.16. The predicted octanol–water partition coefficient (Wildman–Crippen LogP) is 3.32. The van der Waals surface area contributed by atoms with Crippen LogP contribution in [-0.4, -0.2) is 10.9 Å². The Morgan fingerprint density at radius 1 is 1.25 bits per heavy atom. The predicted molar refractivity (Wildman–Crippen MR) is 65.1 cm³/mol. The molecule has 0 saturated carbocycles. The highest BCUT2D eigenvalue weighted by molar-refractivity contribution is 7.12. The number of hydrogen-bond acceptors (Lipinski definition) is 3. The molecular formula is C12H9ClO2S. The molecule has 1 aromatic heterocycles. The first-order valence-electron chi connectivity index (χ1n) is 4.70. The van der Waals surface area contributed by atoms with Gasteiger partial charge in [-0.2, -0.15) is 0 Å². The first-order valence-corrected chi connectivity index (χ1v) is 5.96. The fourth-order valence-corrected chi connectivity index (χ4v) is 2.49. The SMILES string of the molecule is O=C(c1sccc1Cl)C(O)c1ccccc1. The Labute approximate surface area is 102 Å². The monoisotopic (exact) mass is 252 g/mol. The van der Waals surface area contributed by atoms with Crippen LogP contribution in [0, 0.1) is 0 Å². The van der Waals surface area contributed by atoms with E-state index in [2.05, 4.69) is 0 Å². The van der Waals surface area contributed by atoms with Crippen LogP contribution >= 0.6 is 22.9 Å². The number of halogens is 1. The van der Waals surface area contributed by atoms with Gasteiger partial charge in [0.25, 0.3) is 0 Å². The van der Waals surface area contributed by atoms with E-state index in [1.165, 1.54) is 11.3 Å². The molecule has 0 radical (unpaired) electrons. The van der Waals surface area contributed by atoms with Crippen molar-refractivity contribution >= 4 is 28.7 Å². The van der Waals surface area contributed by atoms with Crippen LogP contribution in [-0.2, 0) is 0 Å². The summed E-state index contributed by atoms with van der Waals surface area (Å²) in [5.74, 6) is -0.355. The van der Waals surface area contributed by atoms with Gasteiger partial charge in [0.2, 0.25) is 5.78 Å². The van der Waals surface area contributed by atoms with Crippen molar-refractivity contribution in [3.63, 3.8) is 0 Å². The summed E-state index contributed by atoms with van der Waals surface area (Å²) in [5.41, 5.74) is 0.581. The Kier molecular flexibility index (Phi) is 3.39. The molecule has 0 aliphatic rings. The number of benzene rings is 1. The molecule has 82 valence electrons. The van der Waals surface area contributed by atoms with Crippen LogP contribution < -0.4 is 0 Å². The van der Waals surface area contributed by atoms with Gasteiger partial charge in [-0.25, -0.2) is 0 Å². The molecular weight excluding hydrogens is 244 g/mol. The summed E-state index contributed by atoms with van der Waals surface area (Å²) in [6.07, 6.45) is -1.14. The van der Waals surface area contributed by atoms with Crippen LogP contribution in [0.2, 0.25) is 5.02 Å². The molecule has 2 nitrogen and oxygen atoms in total. The first-order chi connectivity index (χ1) is 7.70. The third kappa shape index (κ3) is 2.16. The number of aliphatic hydroxyl groups is 1. The third-order valence-corrected chi connectivity index (χ3v) is 3.56. The molecule has 1 unspecified atom stereocenters. The molecule has 4 heteroatoms. The lowest BCUT2D eigenvalue weighted by Crippen LogP contribution is -2.11. The Balaban J connectivity index is 2.27. The van der Waals surface area contributed by atoms with Crippen LogP contribution in [0.25, 0.3) is 0 Å². The van der Waals surface area contributed by atoms with Gasteiger partial charge in [-0.1, -0.05) is 41.9 Å². The van der Waals surface area contributed by atoms with Gasteiger partial charge in [-0.3, -0.25) is 4.79 Å². The lowest BCUT2D eigenvalue weighted by molar-refractivity contribution is 0.0752. The number of hydrogen-bond donors (Lipinski definition) is 1. The Bertz CT molecular complexity index is 493. The van der Waals surface area contributed by atoms with E-state index in [4.69, 9.17) is 11.6 Å². The molecule has 0 amide bonds. The van der Waals surface area contributed by atoms with E-state index in [-0.39, 0.29) is 5.78 Å². The van der Waals surface area contributed by atoms with Crippen molar-refractivity contribution in [1.82, 2.24) is 0 Å². The second-order valence-electron chi connectivity index (χ2n) is 3.28. The molecule has 0 aliphatic carbocycles. The normalized spacial score (nSPS) is 12.4. The summed E-state index contributed by atoms with van der Waals surface area (Å²) < 4.78 is 0. The van der Waals surface area contributed by atoms with E-state index in [0.29, 0.717) is 15.5 Å². The highest BCUT2D eigenvalue weighted by atomic mass is 35.5. The van der Waals surface area contributed by atoms with Gasteiger partial charge in [0.1, 0.15) is 6.10 Å². The van der Waals surface area contributed by atoms with Gasteiger partial charge < -0.3 is 5.11 Å². The standard InChI is InChI=1S/C12H9ClO2S/c13-9-6-7-16-12(9)11(15)10(14)8-4-2-1-3-5-8/h1-7,10,14H. The number of Topliss-reactive ketones (excluding diaryl/α,β-unsaturated/α-hetero) is 1. The van der Waals surface area contributed by atoms with E-state index in [0.717, 1.165) is 0 Å². The second kappa shape index (κ2) is 4.78. The van der Waals surface area contributed by atoms with Crippen molar-refractivity contribution < 1.29 is 9.90 Å². The molecule has 1 N–H and O–H groups in total. The second-order valence-corrected chi connectivity index (χ2v) is 4.60. The number of carbonyl (C=O) groups excluding carboxylic acids is 1. The Morgan fingerprint density at radius 2 is 1.94 bits per heavy atom. The molecule has 2 rings (SSSR count). The topological polar surface area (TPSA) is 37.3 Å². The number of aliphatic hydroxyl groups excluding tert-OH is 1. The van der Waals surface area contributed by atoms with Gasteiger partial charge in [0.05, 0.1) is 9.90 Å². The minimum absolute atomic E-state index is 0.355. The average Bonchev–Trinajstić information content (AvgIpc) is 2.75. The molecule has 2 aromatic rings. The van der Waals surface area contributed by atoms with E-state index in [9.17, 15) is 9.90 Å². The molecule has 0 aliphatic heterocycles. The molecule has 0 fully saturated rings. The minimum Gasteiger partial charge on any atom is -0.380 e. The lowest BCUT2D eigenvalue weighted by Gasteiger charge is -2.08. The maximum atomic E-state index is 11.9. The molecule has 0 saturated heterocycles. The fourth-order valence-electron chi connectivity index (χ4n) is 1.38. The first kappa shape index (κ1) is 11.3. The summed E-state index contributed by atoms with van der Waals surface area (Å²) in [6, 6.07) is 10.5. The van der Waals surface area contributed by atoms with Crippen molar-refractivity contribution in [2.45, 2.75) is 6.10 Å². The van der Waals surface area contributed by atoms with E-state index in [1.807, 2.05) is 6.07 Å². The van der Waals surface area contributed by atoms with Crippen LogP contribution in [0.5, 0.6) is 0 Å². The van der Waals surface area contributed by atoms with Crippen LogP contribution in [0.1, 0.15) is 21.3 Å². The highest BCUT2D eigenvalue weighted by Gasteiger charge is 2.22. The largest absolute Gasteiger partial charge is 0.380 e. The van der Waals surface area contributed by atoms with Crippen molar-refractivity contribution in [3.8, 4) is 0 Å². The number of carbonyl (C=O) groups is 1.